The first-order valence-corrected chi connectivity index (χ1v) is 8.10. The molecular formula is C16H11ClF2N2O2S. The van der Waals surface area contributed by atoms with E-state index >= 15 is 0 Å². The van der Waals surface area contributed by atoms with Crippen molar-refractivity contribution in [3.63, 3.8) is 0 Å². The Labute approximate surface area is 145 Å². The second kappa shape index (κ2) is 7.11. The summed E-state index contributed by atoms with van der Waals surface area (Å²) in [6, 6.07) is 6.57. The Balaban J connectivity index is 1.88. The zero-order valence-corrected chi connectivity index (χ0v) is 14.0. The third-order valence-electron chi connectivity index (χ3n) is 3.08. The maximum absolute atomic E-state index is 14.2. The van der Waals surface area contributed by atoms with Gasteiger partial charge in [-0.25, -0.2) is 13.8 Å². The SMILES string of the molecule is Cc1c(F)c(OCc2cccs2)nc(Oc2ccnc(Cl)c2)c1F. The minimum atomic E-state index is -0.899. The Morgan fingerprint density at radius 1 is 1.21 bits per heavy atom. The van der Waals surface area contributed by atoms with Gasteiger partial charge in [0.1, 0.15) is 17.5 Å². The van der Waals surface area contributed by atoms with Gasteiger partial charge in [0.05, 0.1) is 0 Å². The largest absolute Gasteiger partial charge is 0.470 e. The topological polar surface area (TPSA) is 44.2 Å². The maximum atomic E-state index is 14.2. The zero-order valence-electron chi connectivity index (χ0n) is 12.4. The first kappa shape index (κ1) is 16.6. The van der Waals surface area contributed by atoms with E-state index in [2.05, 4.69) is 9.97 Å². The van der Waals surface area contributed by atoms with Gasteiger partial charge in [0.2, 0.25) is 0 Å². The van der Waals surface area contributed by atoms with Gasteiger partial charge < -0.3 is 9.47 Å². The highest BCUT2D eigenvalue weighted by atomic mass is 35.5. The molecule has 0 saturated heterocycles. The summed E-state index contributed by atoms with van der Waals surface area (Å²) >= 11 is 7.22. The summed E-state index contributed by atoms with van der Waals surface area (Å²) < 4.78 is 39.1. The van der Waals surface area contributed by atoms with Gasteiger partial charge in [-0.05, 0) is 24.4 Å². The summed E-state index contributed by atoms with van der Waals surface area (Å²) in [4.78, 5) is 8.49. The highest BCUT2D eigenvalue weighted by Crippen LogP contribution is 2.31. The lowest BCUT2D eigenvalue weighted by Crippen LogP contribution is -2.04. The Morgan fingerprint density at radius 3 is 2.71 bits per heavy atom. The van der Waals surface area contributed by atoms with Crippen LogP contribution in [0.15, 0.2) is 35.8 Å². The van der Waals surface area contributed by atoms with E-state index in [9.17, 15) is 8.78 Å². The Morgan fingerprint density at radius 2 is 2.00 bits per heavy atom. The van der Waals surface area contributed by atoms with E-state index in [0.29, 0.717) is 0 Å². The summed E-state index contributed by atoms with van der Waals surface area (Å²) in [6.07, 6.45) is 1.40. The number of hydrogen-bond acceptors (Lipinski definition) is 5. The highest BCUT2D eigenvalue weighted by molar-refractivity contribution is 7.09. The molecule has 0 aliphatic heterocycles. The van der Waals surface area contributed by atoms with Crippen molar-refractivity contribution in [3.05, 3.63) is 63.1 Å². The van der Waals surface area contributed by atoms with Gasteiger partial charge >= 0.3 is 0 Å². The van der Waals surface area contributed by atoms with Gasteiger partial charge in [-0.3, -0.25) is 0 Å². The van der Waals surface area contributed by atoms with Crippen LogP contribution in [0.5, 0.6) is 17.5 Å². The van der Waals surface area contributed by atoms with Crippen LogP contribution in [-0.4, -0.2) is 9.97 Å². The maximum Gasteiger partial charge on any atom is 0.259 e. The Hall–Kier alpha value is -2.25. The predicted octanol–water partition coefficient (Wildman–Crippen LogP) is 5.15. The van der Waals surface area contributed by atoms with E-state index in [0.717, 1.165) is 4.88 Å². The summed E-state index contributed by atoms with van der Waals surface area (Å²) in [7, 11) is 0. The van der Waals surface area contributed by atoms with Crippen LogP contribution in [0.1, 0.15) is 10.4 Å². The van der Waals surface area contributed by atoms with Gasteiger partial charge in [-0.15, -0.1) is 11.3 Å². The van der Waals surface area contributed by atoms with E-state index < -0.39 is 17.5 Å². The molecule has 0 aliphatic rings. The van der Waals surface area contributed by atoms with E-state index in [1.807, 2.05) is 17.5 Å². The van der Waals surface area contributed by atoms with Crippen LogP contribution in [0.4, 0.5) is 8.78 Å². The quantitative estimate of drug-likeness (QED) is 0.584. The first-order valence-electron chi connectivity index (χ1n) is 6.85. The van der Waals surface area contributed by atoms with Crippen molar-refractivity contribution < 1.29 is 18.3 Å². The molecule has 3 aromatic heterocycles. The van der Waals surface area contributed by atoms with Gasteiger partial charge in [-0.2, -0.15) is 4.98 Å². The summed E-state index contributed by atoms with van der Waals surface area (Å²) in [5.74, 6) is -2.24. The molecule has 0 fully saturated rings. The molecule has 0 spiro atoms. The third kappa shape index (κ3) is 3.63. The average Bonchev–Trinajstić information content (AvgIpc) is 3.08. The molecule has 0 bridgehead atoms. The number of ether oxygens (including phenoxy) is 2. The van der Waals surface area contributed by atoms with Gasteiger partial charge in [-0.1, -0.05) is 17.7 Å². The second-order valence-electron chi connectivity index (χ2n) is 4.76. The average molecular weight is 369 g/mol. The van der Waals surface area contributed by atoms with Crippen LogP contribution in [0, 0.1) is 18.6 Å². The van der Waals surface area contributed by atoms with Crippen molar-refractivity contribution in [1.29, 1.82) is 0 Å². The van der Waals surface area contributed by atoms with E-state index in [4.69, 9.17) is 21.1 Å². The molecule has 0 amide bonds. The van der Waals surface area contributed by atoms with Crippen LogP contribution in [0.25, 0.3) is 0 Å². The zero-order chi connectivity index (χ0) is 17.1. The molecule has 4 nitrogen and oxygen atoms in total. The number of hydrogen-bond donors (Lipinski definition) is 0. The van der Waals surface area contributed by atoms with Gasteiger partial charge in [0.15, 0.2) is 11.6 Å². The number of thiophene rings is 1. The minimum Gasteiger partial charge on any atom is -0.470 e. The van der Waals surface area contributed by atoms with Crippen LogP contribution in [0.3, 0.4) is 0 Å². The standard InChI is InChI=1S/C16H11ClF2N2O2S/c1-9-13(18)15(22-8-11-3-2-6-24-11)21-16(14(9)19)23-10-4-5-20-12(17)7-10/h2-7H,8H2,1H3. The summed E-state index contributed by atoms with van der Waals surface area (Å²) in [6.45, 7) is 1.42. The molecule has 0 radical (unpaired) electrons. The Bertz CT molecular complexity index is 860. The molecule has 24 heavy (non-hydrogen) atoms. The molecule has 0 saturated carbocycles. The number of halogens is 3. The summed E-state index contributed by atoms with van der Waals surface area (Å²) in [5, 5.41) is 2.06. The second-order valence-corrected chi connectivity index (χ2v) is 6.18. The monoisotopic (exact) mass is 368 g/mol. The summed E-state index contributed by atoms with van der Waals surface area (Å²) in [5.41, 5.74) is -0.235. The molecule has 3 aromatic rings. The molecule has 0 atom stereocenters. The highest BCUT2D eigenvalue weighted by Gasteiger charge is 2.20. The van der Waals surface area contributed by atoms with Crippen LogP contribution in [-0.2, 0) is 6.61 Å². The first-order chi connectivity index (χ1) is 11.5. The van der Waals surface area contributed by atoms with Gasteiger partial charge in [0, 0.05) is 22.7 Å². The lowest BCUT2D eigenvalue weighted by Gasteiger charge is -2.12. The van der Waals surface area contributed by atoms with Crippen molar-refractivity contribution in [2.45, 2.75) is 13.5 Å². The smallest absolute Gasteiger partial charge is 0.259 e. The molecule has 3 heterocycles. The predicted molar refractivity (Wildman–Crippen MR) is 86.9 cm³/mol. The number of nitrogens with zero attached hydrogens (tertiary/aromatic N) is 2. The van der Waals surface area contributed by atoms with E-state index in [1.54, 1.807) is 0 Å². The molecule has 0 aromatic carbocycles. The van der Waals surface area contributed by atoms with Crippen LogP contribution in [0.2, 0.25) is 5.15 Å². The fraction of sp³-hybridized carbons (Fsp3) is 0.125. The fourth-order valence-electron chi connectivity index (χ4n) is 1.86. The fourth-order valence-corrected chi connectivity index (χ4v) is 2.64. The molecule has 3 rings (SSSR count). The normalized spacial score (nSPS) is 10.7. The molecule has 124 valence electrons. The van der Waals surface area contributed by atoms with Crippen LogP contribution >= 0.6 is 22.9 Å². The van der Waals surface area contributed by atoms with E-state index in [-0.39, 0.29) is 29.0 Å². The molecule has 0 unspecified atom stereocenters. The van der Waals surface area contributed by atoms with E-state index in [1.165, 1.54) is 36.6 Å². The van der Waals surface area contributed by atoms with Crippen molar-refractivity contribution in [2.75, 3.05) is 0 Å². The number of pyridine rings is 2. The molecule has 0 aliphatic carbocycles. The number of rotatable bonds is 5. The Kier molecular flexibility index (Phi) is 4.92. The van der Waals surface area contributed by atoms with Crippen molar-refractivity contribution >= 4 is 22.9 Å². The number of aromatic nitrogens is 2. The molecule has 8 heteroatoms. The third-order valence-corrected chi connectivity index (χ3v) is 4.14. The van der Waals surface area contributed by atoms with Crippen LogP contribution < -0.4 is 9.47 Å². The lowest BCUT2D eigenvalue weighted by atomic mass is 10.2. The molecule has 0 N–H and O–H groups in total. The van der Waals surface area contributed by atoms with Crippen molar-refractivity contribution in [3.8, 4) is 17.5 Å². The molecular weight excluding hydrogens is 358 g/mol. The van der Waals surface area contributed by atoms with Crippen molar-refractivity contribution in [1.82, 2.24) is 9.97 Å². The van der Waals surface area contributed by atoms with Gasteiger partial charge in [0.25, 0.3) is 11.8 Å². The van der Waals surface area contributed by atoms with Crippen molar-refractivity contribution in [2.24, 2.45) is 0 Å². The minimum absolute atomic E-state index is 0.132. The lowest BCUT2D eigenvalue weighted by molar-refractivity contribution is 0.271.